The number of pyridine rings is 1. The van der Waals surface area contributed by atoms with E-state index in [9.17, 15) is 22.8 Å². The number of nitrogens with one attached hydrogen (secondary N) is 1. The predicted molar refractivity (Wildman–Crippen MR) is 103 cm³/mol. The Morgan fingerprint density at radius 1 is 1.00 bits per heavy atom. The standard InChI is InChI=1S/C20H12F3N3O2S/c21-20(22,23)19(28)25-18-16(14-8-9-29-11-14)26-10-13(6-7-15(26)24-18)17(27)12-4-2-1-3-5-12/h1-11H,(H,25,28). The minimum Gasteiger partial charge on any atom is -0.301 e. The van der Waals surface area contributed by atoms with E-state index < -0.39 is 12.1 Å². The highest BCUT2D eigenvalue weighted by molar-refractivity contribution is 7.08. The predicted octanol–water partition coefficient (Wildman–Crippen LogP) is 4.79. The number of halogens is 3. The highest BCUT2D eigenvalue weighted by Gasteiger charge is 2.39. The summed E-state index contributed by atoms with van der Waals surface area (Å²) in [5, 5.41) is 5.31. The quantitative estimate of drug-likeness (QED) is 0.487. The van der Waals surface area contributed by atoms with E-state index in [0.29, 0.717) is 22.3 Å². The molecule has 4 rings (SSSR count). The van der Waals surface area contributed by atoms with Crippen LogP contribution in [0.4, 0.5) is 19.0 Å². The normalized spacial score (nSPS) is 11.6. The van der Waals surface area contributed by atoms with Crippen molar-refractivity contribution in [3.05, 3.63) is 76.6 Å². The van der Waals surface area contributed by atoms with Crippen molar-refractivity contribution in [1.29, 1.82) is 0 Å². The average Bonchev–Trinajstić information content (AvgIpc) is 3.34. The van der Waals surface area contributed by atoms with Crippen LogP contribution in [-0.2, 0) is 4.79 Å². The van der Waals surface area contributed by atoms with E-state index >= 15 is 0 Å². The molecule has 0 saturated carbocycles. The van der Waals surface area contributed by atoms with Crippen molar-refractivity contribution >= 4 is 34.5 Å². The average molecular weight is 415 g/mol. The second-order valence-corrected chi connectivity index (χ2v) is 6.89. The number of hydrogen-bond donors (Lipinski definition) is 1. The Hall–Kier alpha value is -3.46. The van der Waals surface area contributed by atoms with Crippen LogP contribution in [0.3, 0.4) is 0 Å². The number of imidazole rings is 1. The highest BCUT2D eigenvalue weighted by Crippen LogP contribution is 2.32. The van der Waals surface area contributed by atoms with Crippen molar-refractivity contribution in [1.82, 2.24) is 9.38 Å². The fourth-order valence-corrected chi connectivity index (χ4v) is 3.52. The molecule has 29 heavy (non-hydrogen) atoms. The summed E-state index contributed by atoms with van der Waals surface area (Å²) in [5.41, 5.74) is 1.96. The summed E-state index contributed by atoms with van der Waals surface area (Å²) in [6.07, 6.45) is -3.54. The summed E-state index contributed by atoms with van der Waals surface area (Å²) >= 11 is 1.34. The molecule has 0 spiro atoms. The van der Waals surface area contributed by atoms with Gasteiger partial charge in [0.2, 0.25) is 0 Å². The third-order valence-electron chi connectivity index (χ3n) is 4.20. The molecule has 3 heterocycles. The number of benzene rings is 1. The highest BCUT2D eigenvalue weighted by atomic mass is 32.1. The maximum Gasteiger partial charge on any atom is 0.471 e. The summed E-state index contributed by atoms with van der Waals surface area (Å²) in [5.74, 6) is -2.58. The Morgan fingerprint density at radius 2 is 1.76 bits per heavy atom. The zero-order valence-corrected chi connectivity index (χ0v) is 15.4. The van der Waals surface area contributed by atoms with Crippen LogP contribution in [0, 0.1) is 0 Å². The second-order valence-electron chi connectivity index (χ2n) is 6.11. The topological polar surface area (TPSA) is 63.5 Å². The fraction of sp³-hybridized carbons (Fsp3) is 0.0500. The number of rotatable bonds is 4. The number of anilines is 1. The zero-order chi connectivity index (χ0) is 20.6. The second kappa shape index (κ2) is 7.17. The van der Waals surface area contributed by atoms with Crippen molar-refractivity contribution in [3.8, 4) is 11.3 Å². The van der Waals surface area contributed by atoms with E-state index in [1.807, 2.05) is 5.32 Å². The third-order valence-corrected chi connectivity index (χ3v) is 4.88. The smallest absolute Gasteiger partial charge is 0.301 e. The molecule has 0 bridgehead atoms. The fourth-order valence-electron chi connectivity index (χ4n) is 2.88. The Bertz CT molecular complexity index is 1200. The SMILES string of the molecule is O=C(c1ccccc1)c1ccc2nc(NC(=O)C(F)(F)F)c(-c3ccsc3)n2c1. The minimum atomic E-state index is -5.05. The Kier molecular flexibility index (Phi) is 4.67. The lowest BCUT2D eigenvalue weighted by molar-refractivity contribution is -0.167. The van der Waals surface area contributed by atoms with Crippen molar-refractivity contribution in [3.63, 3.8) is 0 Å². The molecule has 0 saturated heterocycles. The first-order valence-electron chi connectivity index (χ1n) is 8.37. The van der Waals surface area contributed by atoms with E-state index in [0.717, 1.165) is 0 Å². The molecule has 0 aliphatic carbocycles. The van der Waals surface area contributed by atoms with E-state index in [2.05, 4.69) is 4.98 Å². The number of thiophene rings is 1. The maximum atomic E-state index is 12.8. The van der Waals surface area contributed by atoms with Gasteiger partial charge in [0.1, 0.15) is 5.65 Å². The summed E-state index contributed by atoms with van der Waals surface area (Å²) in [6.45, 7) is 0. The Morgan fingerprint density at radius 3 is 2.41 bits per heavy atom. The van der Waals surface area contributed by atoms with E-state index in [1.54, 1.807) is 53.2 Å². The molecule has 1 amide bonds. The molecule has 0 fully saturated rings. The number of nitrogens with zero attached hydrogens (tertiary/aromatic N) is 2. The molecule has 0 radical (unpaired) electrons. The van der Waals surface area contributed by atoms with Crippen molar-refractivity contribution in [2.45, 2.75) is 6.18 Å². The first-order valence-corrected chi connectivity index (χ1v) is 9.31. The minimum absolute atomic E-state index is 0.227. The number of aromatic nitrogens is 2. The van der Waals surface area contributed by atoms with Gasteiger partial charge in [0, 0.05) is 28.3 Å². The molecule has 0 aliphatic heterocycles. The van der Waals surface area contributed by atoms with Crippen LogP contribution < -0.4 is 5.32 Å². The maximum absolute atomic E-state index is 12.8. The number of alkyl halides is 3. The van der Waals surface area contributed by atoms with E-state index in [4.69, 9.17) is 0 Å². The lowest BCUT2D eigenvalue weighted by atomic mass is 10.1. The van der Waals surface area contributed by atoms with Gasteiger partial charge in [-0.2, -0.15) is 24.5 Å². The molecule has 146 valence electrons. The summed E-state index contributed by atoms with van der Waals surface area (Å²) in [7, 11) is 0. The van der Waals surface area contributed by atoms with Gasteiger partial charge in [-0.25, -0.2) is 4.98 Å². The van der Waals surface area contributed by atoms with Gasteiger partial charge in [-0.05, 0) is 23.6 Å². The zero-order valence-electron chi connectivity index (χ0n) is 14.6. The van der Waals surface area contributed by atoms with Gasteiger partial charge in [-0.1, -0.05) is 30.3 Å². The van der Waals surface area contributed by atoms with E-state index in [-0.39, 0.29) is 17.3 Å². The molecular weight excluding hydrogens is 403 g/mol. The van der Waals surface area contributed by atoms with Gasteiger partial charge >= 0.3 is 12.1 Å². The first-order chi connectivity index (χ1) is 13.8. The summed E-state index contributed by atoms with van der Waals surface area (Å²) in [4.78, 5) is 28.3. The molecule has 4 aromatic rings. The largest absolute Gasteiger partial charge is 0.471 e. The van der Waals surface area contributed by atoms with Crippen LogP contribution in [0.15, 0.2) is 65.5 Å². The van der Waals surface area contributed by atoms with Crippen LogP contribution in [0.2, 0.25) is 0 Å². The number of carbonyl (C=O) groups is 2. The van der Waals surface area contributed by atoms with Crippen molar-refractivity contribution in [2.75, 3.05) is 5.32 Å². The number of fused-ring (bicyclic) bond motifs is 1. The van der Waals surface area contributed by atoms with Crippen molar-refractivity contribution < 1.29 is 22.8 Å². The number of hydrogen-bond acceptors (Lipinski definition) is 4. The van der Waals surface area contributed by atoms with Gasteiger partial charge in [0.05, 0.1) is 5.69 Å². The lowest BCUT2D eigenvalue weighted by Crippen LogP contribution is -2.30. The Balaban J connectivity index is 1.84. The molecule has 0 unspecified atom stereocenters. The van der Waals surface area contributed by atoms with Crippen LogP contribution in [-0.4, -0.2) is 27.3 Å². The van der Waals surface area contributed by atoms with Crippen LogP contribution in [0.1, 0.15) is 15.9 Å². The third kappa shape index (κ3) is 3.64. The molecule has 9 heteroatoms. The summed E-state index contributed by atoms with van der Waals surface area (Å²) in [6, 6.07) is 13.4. The van der Waals surface area contributed by atoms with Crippen molar-refractivity contribution in [2.24, 2.45) is 0 Å². The number of carbonyl (C=O) groups excluding carboxylic acids is 2. The van der Waals surface area contributed by atoms with Crippen LogP contribution >= 0.6 is 11.3 Å². The van der Waals surface area contributed by atoms with Gasteiger partial charge < -0.3 is 5.32 Å². The molecule has 5 nitrogen and oxygen atoms in total. The van der Waals surface area contributed by atoms with Gasteiger partial charge in [-0.15, -0.1) is 0 Å². The number of amides is 1. The molecule has 1 N–H and O–H groups in total. The molecule has 0 aliphatic rings. The van der Waals surface area contributed by atoms with Gasteiger partial charge in [-0.3, -0.25) is 14.0 Å². The summed E-state index contributed by atoms with van der Waals surface area (Å²) < 4.78 is 39.7. The van der Waals surface area contributed by atoms with E-state index in [1.165, 1.54) is 28.0 Å². The first kappa shape index (κ1) is 18.9. The Labute approximate surface area is 166 Å². The van der Waals surface area contributed by atoms with Gasteiger partial charge in [0.15, 0.2) is 11.6 Å². The molecule has 3 aromatic heterocycles. The molecule has 0 atom stereocenters. The molecular formula is C20H12F3N3O2S. The van der Waals surface area contributed by atoms with Crippen LogP contribution in [0.25, 0.3) is 16.9 Å². The van der Waals surface area contributed by atoms with Crippen LogP contribution in [0.5, 0.6) is 0 Å². The molecule has 1 aromatic carbocycles. The monoisotopic (exact) mass is 415 g/mol. The lowest BCUT2D eigenvalue weighted by Gasteiger charge is -2.08. The van der Waals surface area contributed by atoms with Gasteiger partial charge in [0.25, 0.3) is 0 Å². The number of ketones is 1.